The smallest absolute Gasteiger partial charge is 0.334 e. The van der Waals surface area contributed by atoms with Gasteiger partial charge in [-0.2, -0.15) is 5.06 Å². The van der Waals surface area contributed by atoms with E-state index in [0.717, 1.165) is 19.1 Å². The Labute approximate surface area is 95.6 Å². The summed E-state index contributed by atoms with van der Waals surface area (Å²) in [5.41, 5.74) is -0.504. The van der Waals surface area contributed by atoms with Crippen LogP contribution in [0.25, 0.3) is 0 Å². The number of hydroxylamine groups is 2. The number of carbonyl (C=O) groups is 2. The zero-order valence-corrected chi connectivity index (χ0v) is 10.1. The lowest BCUT2D eigenvalue weighted by atomic mass is 10.2. The van der Waals surface area contributed by atoms with Crippen molar-refractivity contribution < 1.29 is 19.2 Å². The van der Waals surface area contributed by atoms with Gasteiger partial charge >= 0.3 is 5.97 Å². The van der Waals surface area contributed by atoms with Gasteiger partial charge in [-0.15, -0.1) is 0 Å². The van der Waals surface area contributed by atoms with E-state index in [4.69, 9.17) is 9.57 Å². The van der Waals surface area contributed by atoms with E-state index in [9.17, 15) is 9.59 Å². The Balaban J connectivity index is 2.29. The molecule has 0 bridgehead atoms. The maximum Gasteiger partial charge on any atom is 0.334 e. The van der Waals surface area contributed by atoms with Crippen molar-refractivity contribution in [1.82, 2.24) is 5.06 Å². The summed E-state index contributed by atoms with van der Waals surface area (Å²) < 4.78 is 5.09. The number of rotatable bonds is 4. The average molecular weight is 229 g/mol. The summed E-state index contributed by atoms with van der Waals surface area (Å²) in [7, 11) is 0. The maximum atomic E-state index is 11.3. The molecule has 0 aromatic rings. The summed E-state index contributed by atoms with van der Waals surface area (Å²) in [6.07, 6.45) is 2.55. The molecule has 92 valence electrons. The highest BCUT2D eigenvalue weighted by atomic mass is 16.7. The number of carbonyl (C=O) groups excluding carboxylic acids is 2. The molecule has 0 N–H and O–H groups in total. The van der Waals surface area contributed by atoms with Crippen molar-refractivity contribution >= 4 is 12.3 Å². The molecule has 1 fully saturated rings. The molecule has 0 spiro atoms. The third-order valence-electron chi connectivity index (χ3n) is 2.17. The van der Waals surface area contributed by atoms with E-state index < -0.39 is 11.6 Å². The lowest BCUT2D eigenvalue weighted by molar-refractivity contribution is -0.195. The largest absolute Gasteiger partial charge is 0.458 e. The Morgan fingerprint density at radius 3 is 2.75 bits per heavy atom. The van der Waals surface area contributed by atoms with Gasteiger partial charge in [-0.05, 0) is 33.6 Å². The lowest BCUT2D eigenvalue weighted by Crippen LogP contribution is -2.34. The molecule has 16 heavy (non-hydrogen) atoms. The fraction of sp³-hybridized carbons (Fsp3) is 0.818. The summed E-state index contributed by atoms with van der Waals surface area (Å²) in [4.78, 5) is 27.2. The molecule has 0 aromatic heterocycles. The minimum atomic E-state index is -0.504. The molecule has 0 amide bonds. The molecule has 5 heteroatoms. The third kappa shape index (κ3) is 4.28. The summed E-state index contributed by atoms with van der Waals surface area (Å²) >= 11 is 0. The normalized spacial score (nSPS) is 22.1. The Kier molecular flexibility index (Phi) is 4.44. The van der Waals surface area contributed by atoms with E-state index in [1.54, 1.807) is 25.8 Å². The molecule has 1 saturated heterocycles. The summed E-state index contributed by atoms with van der Waals surface area (Å²) in [6.45, 7) is 5.95. The van der Waals surface area contributed by atoms with Crippen molar-refractivity contribution in [1.29, 1.82) is 0 Å². The molecule has 5 nitrogen and oxygen atoms in total. The van der Waals surface area contributed by atoms with E-state index in [-0.39, 0.29) is 12.6 Å². The highest BCUT2D eigenvalue weighted by molar-refractivity contribution is 5.71. The predicted molar refractivity (Wildman–Crippen MR) is 57.6 cm³/mol. The Morgan fingerprint density at radius 1 is 1.50 bits per heavy atom. The van der Waals surface area contributed by atoms with Crippen molar-refractivity contribution in [2.75, 3.05) is 13.2 Å². The zero-order chi connectivity index (χ0) is 12.2. The van der Waals surface area contributed by atoms with Crippen LogP contribution < -0.4 is 0 Å². The molecule has 1 heterocycles. The van der Waals surface area contributed by atoms with Crippen LogP contribution in [0, 0.1) is 0 Å². The molecule has 0 unspecified atom stereocenters. The minimum Gasteiger partial charge on any atom is -0.458 e. The topological polar surface area (TPSA) is 55.8 Å². The van der Waals surface area contributed by atoms with Gasteiger partial charge in [0.15, 0.2) is 6.61 Å². The number of hydrogen-bond acceptors (Lipinski definition) is 5. The number of ether oxygens (including phenoxy) is 1. The fourth-order valence-corrected chi connectivity index (χ4v) is 1.57. The van der Waals surface area contributed by atoms with Gasteiger partial charge in [0.25, 0.3) is 0 Å². The van der Waals surface area contributed by atoms with Gasteiger partial charge in [0, 0.05) is 6.54 Å². The monoisotopic (exact) mass is 229 g/mol. The van der Waals surface area contributed by atoms with Gasteiger partial charge < -0.3 is 9.53 Å². The van der Waals surface area contributed by atoms with Crippen molar-refractivity contribution in [3.8, 4) is 0 Å². The van der Waals surface area contributed by atoms with Gasteiger partial charge in [0.05, 0.1) is 6.04 Å². The molecular weight excluding hydrogens is 210 g/mol. The zero-order valence-electron chi connectivity index (χ0n) is 10.1. The second-order valence-corrected chi connectivity index (χ2v) is 4.85. The predicted octanol–water partition coefficient (Wildman–Crippen LogP) is 0.923. The van der Waals surface area contributed by atoms with Crippen LogP contribution in [-0.2, 0) is 19.2 Å². The second-order valence-electron chi connectivity index (χ2n) is 4.85. The van der Waals surface area contributed by atoms with E-state index in [1.807, 2.05) is 0 Å². The highest BCUT2D eigenvalue weighted by Gasteiger charge is 2.26. The van der Waals surface area contributed by atoms with E-state index in [2.05, 4.69) is 0 Å². The number of esters is 1. The SMILES string of the molecule is CC(C)(C)OC(=O)CON1CCC[C@H]1C=O. The molecule has 1 aliphatic heterocycles. The fourth-order valence-electron chi connectivity index (χ4n) is 1.57. The molecule has 0 aromatic carbocycles. The molecular formula is C11H19NO4. The van der Waals surface area contributed by atoms with Gasteiger partial charge in [-0.3, -0.25) is 4.84 Å². The number of nitrogens with zero attached hydrogens (tertiary/aromatic N) is 1. The molecule has 1 aliphatic rings. The minimum absolute atomic E-state index is 0.137. The lowest BCUT2D eigenvalue weighted by Gasteiger charge is -2.22. The van der Waals surface area contributed by atoms with Crippen LogP contribution in [0.1, 0.15) is 33.6 Å². The number of hydrogen-bond donors (Lipinski definition) is 0. The molecule has 1 rings (SSSR count). The van der Waals surface area contributed by atoms with Crippen molar-refractivity contribution in [3.05, 3.63) is 0 Å². The van der Waals surface area contributed by atoms with Crippen molar-refractivity contribution in [2.45, 2.75) is 45.3 Å². The first-order valence-electron chi connectivity index (χ1n) is 5.49. The average Bonchev–Trinajstić information content (AvgIpc) is 2.59. The quantitative estimate of drug-likeness (QED) is 0.530. The Morgan fingerprint density at radius 2 is 2.19 bits per heavy atom. The summed E-state index contributed by atoms with van der Waals surface area (Å²) in [6, 6.07) is -0.220. The molecule has 0 saturated carbocycles. The van der Waals surface area contributed by atoms with E-state index in [0.29, 0.717) is 6.54 Å². The maximum absolute atomic E-state index is 11.3. The summed E-state index contributed by atoms with van der Waals surface area (Å²) in [5, 5.41) is 1.55. The van der Waals surface area contributed by atoms with Crippen LogP contribution in [0.15, 0.2) is 0 Å². The van der Waals surface area contributed by atoms with Crippen LogP contribution in [0.2, 0.25) is 0 Å². The second kappa shape index (κ2) is 5.41. The highest BCUT2D eigenvalue weighted by Crippen LogP contribution is 2.15. The first kappa shape index (κ1) is 13.1. The Hall–Kier alpha value is -0.940. The molecule has 0 radical (unpaired) electrons. The van der Waals surface area contributed by atoms with Crippen LogP contribution in [0.4, 0.5) is 0 Å². The van der Waals surface area contributed by atoms with Crippen LogP contribution in [-0.4, -0.2) is 42.1 Å². The molecule has 1 atom stereocenters. The van der Waals surface area contributed by atoms with Crippen LogP contribution in [0.5, 0.6) is 0 Å². The third-order valence-corrected chi connectivity index (χ3v) is 2.17. The van der Waals surface area contributed by atoms with Gasteiger partial charge in [0.2, 0.25) is 0 Å². The van der Waals surface area contributed by atoms with E-state index in [1.165, 1.54) is 0 Å². The number of aldehydes is 1. The Bertz CT molecular complexity index is 259. The molecule has 0 aliphatic carbocycles. The summed E-state index contributed by atoms with van der Waals surface area (Å²) in [5.74, 6) is -0.413. The first-order valence-corrected chi connectivity index (χ1v) is 5.49. The van der Waals surface area contributed by atoms with Gasteiger partial charge in [0.1, 0.15) is 11.9 Å². The van der Waals surface area contributed by atoms with Crippen LogP contribution in [0.3, 0.4) is 0 Å². The first-order chi connectivity index (χ1) is 7.42. The van der Waals surface area contributed by atoms with E-state index >= 15 is 0 Å². The van der Waals surface area contributed by atoms with Crippen LogP contribution >= 0.6 is 0 Å². The van der Waals surface area contributed by atoms with Gasteiger partial charge in [-0.25, -0.2) is 4.79 Å². The van der Waals surface area contributed by atoms with Crippen molar-refractivity contribution in [3.63, 3.8) is 0 Å². The van der Waals surface area contributed by atoms with Crippen molar-refractivity contribution in [2.24, 2.45) is 0 Å². The standard InChI is InChI=1S/C11H19NO4/c1-11(2,3)16-10(14)8-15-12-6-4-5-9(12)7-13/h7,9H,4-6,8H2,1-3H3/t9-/m0/s1. The van der Waals surface area contributed by atoms with Gasteiger partial charge in [-0.1, -0.05) is 0 Å².